The number of aromatic nitrogens is 1. The Morgan fingerprint density at radius 2 is 2.11 bits per heavy atom. The van der Waals surface area contributed by atoms with Gasteiger partial charge in [0, 0.05) is 13.1 Å². The molecule has 0 atom stereocenters. The van der Waals surface area contributed by atoms with Crippen molar-refractivity contribution in [2.75, 3.05) is 25.5 Å². The largest absolute Gasteiger partial charge is 0.370 e. The second-order valence-corrected chi connectivity index (χ2v) is 5.88. The first kappa shape index (κ1) is 16.3. The van der Waals surface area contributed by atoms with Crippen LogP contribution in [-0.2, 0) is 6.54 Å². The quantitative estimate of drug-likeness (QED) is 0.781. The zero-order valence-corrected chi connectivity index (χ0v) is 13.3. The van der Waals surface area contributed by atoms with Gasteiger partial charge >= 0.3 is 0 Å². The fourth-order valence-corrected chi connectivity index (χ4v) is 1.93. The van der Waals surface area contributed by atoms with Gasteiger partial charge in [-0.15, -0.1) is 0 Å². The van der Waals surface area contributed by atoms with Crippen molar-refractivity contribution < 1.29 is 0 Å². The Morgan fingerprint density at radius 1 is 1.37 bits per heavy atom. The Morgan fingerprint density at radius 3 is 2.74 bits per heavy atom. The van der Waals surface area contributed by atoms with Gasteiger partial charge in [-0.05, 0) is 44.5 Å². The number of anilines is 1. The molecule has 0 unspecified atom stereocenters. The monoisotopic (exact) mass is 283 g/mol. The van der Waals surface area contributed by atoms with E-state index in [1.54, 1.807) is 0 Å². The van der Waals surface area contributed by atoms with Gasteiger partial charge in [-0.1, -0.05) is 32.4 Å². The van der Waals surface area contributed by atoms with Crippen molar-refractivity contribution in [2.24, 2.45) is 5.92 Å². The summed E-state index contributed by atoms with van der Waals surface area (Å²) in [6.07, 6.45) is 2.29. The maximum absolute atomic E-state index is 6.22. The SMILES string of the molecule is CCCNc1ccc(Cl)c(CN(C)CCC(C)C)n1. The van der Waals surface area contributed by atoms with Gasteiger partial charge in [0.15, 0.2) is 0 Å². The van der Waals surface area contributed by atoms with Crippen LogP contribution in [0.15, 0.2) is 12.1 Å². The van der Waals surface area contributed by atoms with E-state index in [4.69, 9.17) is 11.6 Å². The van der Waals surface area contributed by atoms with Gasteiger partial charge in [0.1, 0.15) is 5.82 Å². The molecule has 0 saturated carbocycles. The molecule has 1 heterocycles. The van der Waals surface area contributed by atoms with Crippen LogP contribution in [0.3, 0.4) is 0 Å². The highest BCUT2D eigenvalue weighted by Gasteiger charge is 2.08. The summed E-state index contributed by atoms with van der Waals surface area (Å²) in [5.74, 6) is 1.64. The molecule has 19 heavy (non-hydrogen) atoms. The van der Waals surface area contributed by atoms with Crippen LogP contribution in [0.1, 0.15) is 39.3 Å². The molecule has 1 N–H and O–H groups in total. The van der Waals surface area contributed by atoms with Crippen LogP contribution < -0.4 is 5.32 Å². The number of nitrogens with zero attached hydrogens (tertiary/aromatic N) is 2. The predicted molar refractivity (Wildman–Crippen MR) is 83.8 cm³/mol. The number of hydrogen-bond donors (Lipinski definition) is 1. The Balaban J connectivity index is 2.60. The van der Waals surface area contributed by atoms with E-state index in [1.165, 1.54) is 6.42 Å². The molecule has 0 aliphatic carbocycles. The number of hydrogen-bond acceptors (Lipinski definition) is 3. The summed E-state index contributed by atoms with van der Waals surface area (Å²) in [7, 11) is 2.12. The van der Waals surface area contributed by atoms with Gasteiger partial charge in [-0.2, -0.15) is 0 Å². The van der Waals surface area contributed by atoms with Crippen molar-refractivity contribution in [2.45, 2.75) is 40.2 Å². The van der Waals surface area contributed by atoms with E-state index in [0.717, 1.165) is 48.5 Å². The molecule has 1 aromatic heterocycles. The minimum Gasteiger partial charge on any atom is -0.370 e. The van der Waals surface area contributed by atoms with Gasteiger partial charge in [-0.25, -0.2) is 4.98 Å². The first-order valence-corrected chi connectivity index (χ1v) is 7.48. The summed E-state index contributed by atoms with van der Waals surface area (Å²) >= 11 is 6.22. The van der Waals surface area contributed by atoms with Gasteiger partial charge in [-0.3, -0.25) is 0 Å². The first-order chi connectivity index (χ1) is 9.02. The summed E-state index contributed by atoms with van der Waals surface area (Å²) in [4.78, 5) is 6.87. The van der Waals surface area contributed by atoms with Gasteiger partial charge < -0.3 is 10.2 Å². The molecule has 1 rings (SSSR count). The molecule has 0 bridgehead atoms. The molecule has 0 aliphatic rings. The van der Waals surface area contributed by atoms with Crippen molar-refractivity contribution >= 4 is 17.4 Å². The Bertz CT molecular complexity index is 380. The third-order valence-electron chi connectivity index (χ3n) is 2.98. The van der Waals surface area contributed by atoms with E-state index in [9.17, 15) is 0 Å². The molecular formula is C15H26ClN3. The lowest BCUT2D eigenvalue weighted by molar-refractivity contribution is 0.300. The van der Waals surface area contributed by atoms with Crippen LogP contribution in [0.5, 0.6) is 0 Å². The summed E-state index contributed by atoms with van der Waals surface area (Å²) in [5, 5.41) is 4.05. The lowest BCUT2D eigenvalue weighted by Gasteiger charge is -2.18. The Labute approximate surface area is 122 Å². The van der Waals surface area contributed by atoms with E-state index >= 15 is 0 Å². The molecule has 0 aliphatic heterocycles. The van der Waals surface area contributed by atoms with Crippen LogP contribution in [0.25, 0.3) is 0 Å². The molecular weight excluding hydrogens is 258 g/mol. The van der Waals surface area contributed by atoms with Crippen LogP contribution in [0, 0.1) is 5.92 Å². The topological polar surface area (TPSA) is 28.2 Å². The maximum Gasteiger partial charge on any atom is 0.126 e. The average Bonchev–Trinajstić information content (AvgIpc) is 2.37. The molecule has 0 saturated heterocycles. The molecule has 0 fully saturated rings. The Hall–Kier alpha value is -0.800. The molecule has 0 radical (unpaired) electrons. The second kappa shape index (κ2) is 8.39. The van der Waals surface area contributed by atoms with E-state index < -0.39 is 0 Å². The fourth-order valence-electron chi connectivity index (χ4n) is 1.76. The number of rotatable bonds is 8. The number of pyridine rings is 1. The van der Waals surface area contributed by atoms with Crippen molar-refractivity contribution in [1.29, 1.82) is 0 Å². The van der Waals surface area contributed by atoms with Crippen LogP contribution in [0.4, 0.5) is 5.82 Å². The molecule has 1 aromatic rings. The smallest absolute Gasteiger partial charge is 0.126 e. The van der Waals surface area contributed by atoms with Crippen molar-refractivity contribution in [1.82, 2.24) is 9.88 Å². The third kappa shape index (κ3) is 6.26. The second-order valence-electron chi connectivity index (χ2n) is 5.47. The van der Waals surface area contributed by atoms with Crippen molar-refractivity contribution in [3.63, 3.8) is 0 Å². The molecule has 0 spiro atoms. The highest BCUT2D eigenvalue weighted by Crippen LogP contribution is 2.18. The van der Waals surface area contributed by atoms with Gasteiger partial charge in [0.05, 0.1) is 10.7 Å². The molecule has 3 nitrogen and oxygen atoms in total. The molecule has 0 amide bonds. The van der Waals surface area contributed by atoms with E-state index in [2.05, 4.69) is 43.0 Å². The summed E-state index contributed by atoms with van der Waals surface area (Å²) < 4.78 is 0. The van der Waals surface area contributed by atoms with E-state index in [1.807, 2.05) is 12.1 Å². The molecule has 108 valence electrons. The highest BCUT2D eigenvalue weighted by atomic mass is 35.5. The van der Waals surface area contributed by atoms with Crippen molar-refractivity contribution in [3.05, 3.63) is 22.8 Å². The summed E-state index contributed by atoms with van der Waals surface area (Å²) in [5.41, 5.74) is 0.953. The van der Waals surface area contributed by atoms with Crippen LogP contribution in [-0.4, -0.2) is 30.0 Å². The maximum atomic E-state index is 6.22. The highest BCUT2D eigenvalue weighted by molar-refractivity contribution is 6.31. The normalized spacial score (nSPS) is 11.3. The van der Waals surface area contributed by atoms with E-state index in [-0.39, 0.29) is 0 Å². The summed E-state index contributed by atoms with van der Waals surface area (Å²) in [6, 6.07) is 3.87. The number of halogens is 1. The van der Waals surface area contributed by atoms with Gasteiger partial charge in [0.2, 0.25) is 0 Å². The molecule has 4 heteroatoms. The summed E-state index contributed by atoms with van der Waals surface area (Å²) in [6.45, 7) is 9.44. The minimum absolute atomic E-state index is 0.725. The van der Waals surface area contributed by atoms with Gasteiger partial charge in [0.25, 0.3) is 0 Å². The lowest BCUT2D eigenvalue weighted by Crippen LogP contribution is -2.21. The predicted octanol–water partition coefficient (Wildman–Crippen LogP) is 4.03. The average molecular weight is 284 g/mol. The number of nitrogens with one attached hydrogen (secondary N) is 1. The minimum atomic E-state index is 0.725. The first-order valence-electron chi connectivity index (χ1n) is 7.10. The zero-order valence-electron chi connectivity index (χ0n) is 12.5. The van der Waals surface area contributed by atoms with Crippen LogP contribution >= 0.6 is 11.6 Å². The lowest BCUT2D eigenvalue weighted by atomic mass is 10.1. The fraction of sp³-hybridized carbons (Fsp3) is 0.667. The standard InChI is InChI=1S/C15H26ClN3/c1-5-9-17-15-7-6-13(16)14(18-15)11-19(4)10-8-12(2)3/h6-7,12H,5,8-11H2,1-4H3,(H,17,18). The third-order valence-corrected chi connectivity index (χ3v) is 3.33. The molecule has 0 aromatic carbocycles. The zero-order chi connectivity index (χ0) is 14.3. The van der Waals surface area contributed by atoms with Crippen LogP contribution in [0.2, 0.25) is 5.02 Å². The van der Waals surface area contributed by atoms with E-state index in [0.29, 0.717) is 0 Å². The van der Waals surface area contributed by atoms with Crippen molar-refractivity contribution in [3.8, 4) is 0 Å². The Kier molecular flexibility index (Phi) is 7.17.